The standard InChI is InChI=1S/C16H23FN2O2/c1-4-13-10-19(8-7-18(13)2)11-15(20)12-5-6-16(21-3)14(17)9-12/h5-6,9,13H,4,7-8,10-11H2,1-3H3. The Labute approximate surface area is 125 Å². The van der Waals surface area contributed by atoms with Gasteiger partial charge in [0.05, 0.1) is 13.7 Å². The van der Waals surface area contributed by atoms with Crippen molar-refractivity contribution in [3.05, 3.63) is 29.6 Å². The van der Waals surface area contributed by atoms with Crippen LogP contribution in [0, 0.1) is 5.82 Å². The van der Waals surface area contributed by atoms with Crippen molar-refractivity contribution < 1.29 is 13.9 Å². The van der Waals surface area contributed by atoms with E-state index in [1.165, 1.54) is 19.2 Å². The molecule has 116 valence electrons. The molecule has 1 aromatic rings. The Morgan fingerprint density at radius 2 is 2.19 bits per heavy atom. The quantitative estimate of drug-likeness (QED) is 0.778. The van der Waals surface area contributed by atoms with E-state index >= 15 is 0 Å². The average Bonchev–Trinajstić information content (AvgIpc) is 2.49. The lowest BCUT2D eigenvalue weighted by Gasteiger charge is -2.38. The number of ether oxygens (including phenoxy) is 1. The molecule has 1 aromatic carbocycles. The minimum atomic E-state index is -0.492. The third-order valence-corrected chi connectivity index (χ3v) is 4.17. The lowest BCUT2D eigenvalue weighted by Crippen LogP contribution is -2.52. The summed E-state index contributed by atoms with van der Waals surface area (Å²) in [6.07, 6.45) is 1.07. The lowest BCUT2D eigenvalue weighted by atomic mass is 10.1. The Bertz CT molecular complexity index is 507. The van der Waals surface area contributed by atoms with Gasteiger partial charge in [-0.15, -0.1) is 0 Å². The molecule has 0 amide bonds. The van der Waals surface area contributed by atoms with Crippen molar-refractivity contribution in [2.75, 3.05) is 40.3 Å². The Morgan fingerprint density at radius 3 is 2.81 bits per heavy atom. The van der Waals surface area contributed by atoms with Gasteiger partial charge >= 0.3 is 0 Å². The molecule has 1 fully saturated rings. The first-order valence-electron chi connectivity index (χ1n) is 7.34. The lowest BCUT2D eigenvalue weighted by molar-refractivity contribution is 0.0742. The van der Waals surface area contributed by atoms with Crippen LogP contribution in [-0.4, -0.2) is 62.0 Å². The first-order chi connectivity index (χ1) is 10.0. The van der Waals surface area contributed by atoms with Gasteiger partial charge < -0.3 is 9.64 Å². The maximum Gasteiger partial charge on any atom is 0.176 e. The van der Waals surface area contributed by atoms with Crippen LogP contribution in [0.2, 0.25) is 0 Å². The highest BCUT2D eigenvalue weighted by atomic mass is 19.1. The van der Waals surface area contributed by atoms with Crippen molar-refractivity contribution >= 4 is 5.78 Å². The molecule has 2 rings (SSSR count). The first kappa shape index (κ1) is 15.9. The molecule has 4 nitrogen and oxygen atoms in total. The highest BCUT2D eigenvalue weighted by Gasteiger charge is 2.24. The van der Waals surface area contributed by atoms with E-state index in [4.69, 9.17) is 4.74 Å². The third kappa shape index (κ3) is 3.80. The molecule has 1 aliphatic heterocycles. The number of rotatable bonds is 5. The molecular formula is C16H23FN2O2. The van der Waals surface area contributed by atoms with E-state index < -0.39 is 5.82 Å². The fourth-order valence-electron chi connectivity index (χ4n) is 2.73. The van der Waals surface area contributed by atoms with Gasteiger partial charge in [-0.2, -0.15) is 0 Å². The van der Waals surface area contributed by atoms with Crippen LogP contribution in [0.15, 0.2) is 18.2 Å². The predicted octanol–water partition coefficient (Wildman–Crippen LogP) is 2.04. The summed E-state index contributed by atoms with van der Waals surface area (Å²) >= 11 is 0. The number of likely N-dealkylation sites (N-methyl/N-ethyl adjacent to an activating group) is 1. The van der Waals surface area contributed by atoms with Crippen LogP contribution in [0.4, 0.5) is 4.39 Å². The van der Waals surface area contributed by atoms with Crippen LogP contribution in [-0.2, 0) is 0 Å². The van der Waals surface area contributed by atoms with E-state index in [0.29, 0.717) is 18.2 Å². The van der Waals surface area contributed by atoms with Crippen LogP contribution in [0.5, 0.6) is 5.75 Å². The Morgan fingerprint density at radius 1 is 1.43 bits per heavy atom. The van der Waals surface area contributed by atoms with E-state index in [0.717, 1.165) is 26.1 Å². The fourth-order valence-corrected chi connectivity index (χ4v) is 2.73. The van der Waals surface area contributed by atoms with Crippen molar-refractivity contribution in [3.8, 4) is 5.75 Å². The van der Waals surface area contributed by atoms with Gasteiger partial charge in [-0.1, -0.05) is 6.92 Å². The topological polar surface area (TPSA) is 32.8 Å². The summed E-state index contributed by atoms with van der Waals surface area (Å²) < 4.78 is 18.5. The van der Waals surface area contributed by atoms with Gasteiger partial charge in [-0.25, -0.2) is 4.39 Å². The van der Waals surface area contributed by atoms with Gasteiger partial charge in [0.1, 0.15) is 0 Å². The normalized spacial score (nSPS) is 20.5. The summed E-state index contributed by atoms with van der Waals surface area (Å²) in [5.74, 6) is -0.374. The highest BCUT2D eigenvalue weighted by molar-refractivity contribution is 5.97. The molecular weight excluding hydrogens is 271 g/mol. The summed E-state index contributed by atoms with van der Waals surface area (Å²) in [4.78, 5) is 16.8. The van der Waals surface area contributed by atoms with Crippen LogP contribution in [0.25, 0.3) is 0 Å². The van der Waals surface area contributed by atoms with Crippen LogP contribution < -0.4 is 4.74 Å². The van der Waals surface area contributed by atoms with Crippen molar-refractivity contribution in [1.82, 2.24) is 9.80 Å². The van der Waals surface area contributed by atoms with E-state index in [1.54, 1.807) is 6.07 Å². The average molecular weight is 294 g/mol. The predicted molar refractivity (Wildman–Crippen MR) is 80.4 cm³/mol. The minimum absolute atomic E-state index is 0.0454. The second-order valence-corrected chi connectivity index (χ2v) is 5.55. The Balaban J connectivity index is 1.99. The van der Waals surface area contributed by atoms with Gasteiger partial charge in [-0.05, 0) is 31.7 Å². The molecule has 0 bridgehead atoms. The number of benzene rings is 1. The molecule has 1 aliphatic rings. The summed E-state index contributed by atoms with van der Waals surface area (Å²) in [7, 11) is 3.53. The molecule has 0 N–H and O–H groups in total. The van der Waals surface area contributed by atoms with Gasteiger partial charge in [0.2, 0.25) is 0 Å². The van der Waals surface area contributed by atoms with Gasteiger partial charge in [0, 0.05) is 31.2 Å². The van der Waals surface area contributed by atoms with Crippen molar-refractivity contribution in [2.24, 2.45) is 0 Å². The van der Waals surface area contributed by atoms with Crippen LogP contribution in [0.1, 0.15) is 23.7 Å². The van der Waals surface area contributed by atoms with Crippen LogP contribution >= 0.6 is 0 Å². The number of carbonyl (C=O) groups is 1. The molecule has 0 aromatic heterocycles. The molecule has 1 unspecified atom stereocenters. The van der Waals surface area contributed by atoms with E-state index in [-0.39, 0.29) is 11.5 Å². The maximum atomic E-state index is 13.7. The molecule has 0 spiro atoms. The number of piperazine rings is 1. The van der Waals surface area contributed by atoms with Crippen molar-refractivity contribution in [3.63, 3.8) is 0 Å². The molecule has 1 atom stereocenters. The highest BCUT2D eigenvalue weighted by Crippen LogP contribution is 2.18. The van der Waals surface area contributed by atoms with E-state index in [1.807, 2.05) is 0 Å². The molecule has 0 saturated carbocycles. The molecule has 21 heavy (non-hydrogen) atoms. The first-order valence-corrected chi connectivity index (χ1v) is 7.34. The summed E-state index contributed by atoms with van der Waals surface area (Å²) in [6.45, 7) is 5.22. The van der Waals surface area contributed by atoms with Gasteiger partial charge in [0.25, 0.3) is 0 Å². The second kappa shape index (κ2) is 7.00. The number of hydrogen-bond donors (Lipinski definition) is 0. The zero-order valence-electron chi connectivity index (χ0n) is 12.9. The number of methoxy groups -OCH3 is 1. The zero-order chi connectivity index (χ0) is 15.4. The smallest absolute Gasteiger partial charge is 0.176 e. The van der Waals surface area contributed by atoms with Gasteiger partial charge in [0.15, 0.2) is 17.3 Å². The maximum absolute atomic E-state index is 13.7. The zero-order valence-corrected chi connectivity index (χ0v) is 12.9. The van der Waals surface area contributed by atoms with Crippen molar-refractivity contribution in [2.45, 2.75) is 19.4 Å². The molecule has 0 aliphatic carbocycles. The number of Topliss-reactive ketones (excluding diaryl/α,β-unsaturated/α-hetero) is 1. The number of hydrogen-bond acceptors (Lipinski definition) is 4. The Kier molecular flexibility index (Phi) is 5.31. The summed E-state index contributed by atoms with van der Waals surface area (Å²) in [6, 6.07) is 4.87. The molecule has 5 heteroatoms. The summed E-state index contributed by atoms with van der Waals surface area (Å²) in [5, 5.41) is 0. The molecule has 1 heterocycles. The minimum Gasteiger partial charge on any atom is -0.494 e. The number of carbonyl (C=O) groups excluding carboxylic acids is 1. The second-order valence-electron chi connectivity index (χ2n) is 5.55. The summed E-state index contributed by atoms with van der Waals surface area (Å²) in [5.41, 5.74) is 0.403. The molecule has 0 radical (unpaired) electrons. The monoisotopic (exact) mass is 294 g/mol. The van der Waals surface area contributed by atoms with E-state index in [2.05, 4.69) is 23.8 Å². The SMILES string of the molecule is CCC1CN(CC(=O)c2ccc(OC)c(F)c2)CCN1C. The third-order valence-electron chi connectivity index (χ3n) is 4.17. The number of ketones is 1. The van der Waals surface area contributed by atoms with Crippen LogP contribution in [0.3, 0.4) is 0 Å². The van der Waals surface area contributed by atoms with Gasteiger partial charge in [-0.3, -0.25) is 9.69 Å². The number of halogens is 1. The molecule has 1 saturated heterocycles. The van der Waals surface area contributed by atoms with Crippen molar-refractivity contribution in [1.29, 1.82) is 0 Å². The number of nitrogens with zero attached hydrogens (tertiary/aromatic N) is 2. The largest absolute Gasteiger partial charge is 0.494 e. The fraction of sp³-hybridized carbons (Fsp3) is 0.562. The Hall–Kier alpha value is -1.46. The van der Waals surface area contributed by atoms with E-state index in [9.17, 15) is 9.18 Å².